The van der Waals surface area contributed by atoms with Gasteiger partial charge in [0.15, 0.2) is 0 Å². The van der Waals surface area contributed by atoms with Gasteiger partial charge in [0.1, 0.15) is 5.75 Å². The highest BCUT2D eigenvalue weighted by Gasteiger charge is 2.41. The molecule has 3 rings (SSSR count). The number of aromatic hydroxyl groups is 1. The van der Waals surface area contributed by atoms with E-state index in [1.807, 2.05) is 0 Å². The summed E-state index contributed by atoms with van der Waals surface area (Å²) in [6.45, 7) is 0. The van der Waals surface area contributed by atoms with Crippen LogP contribution in [0, 0.1) is 0 Å². The number of anilines is 1. The Hall–Kier alpha value is -1.40. The molecule has 0 radical (unpaired) electrons. The molecule has 0 atom stereocenters. The summed E-state index contributed by atoms with van der Waals surface area (Å²) in [7, 11) is 0. The maximum atomic E-state index is 12.2. The van der Waals surface area contributed by atoms with E-state index in [9.17, 15) is 14.7 Å². The number of benzene rings is 1. The maximum absolute atomic E-state index is 12.2. The molecule has 4 nitrogen and oxygen atoms in total. The molecular formula is C12H9NO3S2. The van der Waals surface area contributed by atoms with Gasteiger partial charge in [-0.1, -0.05) is 0 Å². The van der Waals surface area contributed by atoms with Crippen LogP contribution in [0.5, 0.6) is 5.75 Å². The Morgan fingerprint density at radius 1 is 0.944 bits per heavy atom. The van der Waals surface area contributed by atoms with Crippen LogP contribution in [0.3, 0.4) is 0 Å². The number of hydrogen-bond donors (Lipinski definition) is 1. The Morgan fingerprint density at radius 3 is 1.94 bits per heavy atom. The number of nitrogens with zero attached hydrogens (tertiary/aromatic N) is 1. The van der Waals surface area contributed by atoms with E-state index >= 15 is 0 Å². The first-order chi connectivity index (χ1) is 8.68. The molecule has 2 amide bonds. The van der Waals surface area contributed by atoms with E-state index in [0.29, 0.717) is 15.5 Å². The van der Waals surface area contributed by atoms with E-state index in [1.54, 1.807) is 12.1 Å². The number of phenols is 1. The second-order valence-electron chi connectivity index (χ2n) is 3.82. The van der Waals surface area contributed by atoms with Crippen LogP contribution >= 0.6 is 23.5 Å². The summed E-state index contributed by atoms with van der Waals surface area (Å²) < 4.78 is 0. The van der Waals surface area contributed by atoms with Crippen LogP contribution in [0.2, 0.25) is 0 Å². The van der Waals surface area contributed by atoms with Crippen molar-refractivity contribution in [2.24, 2.45) is 0 Å². The van der Waals surface area contributed by atoms with Crippen LogP contribution in [-0.4, -0.2) is 28.4 Å². The highest BCUT2D eigenvalue weighted by Crippen LogP contribution is 2.42. The number of amides is 2. The van der Waals surface area contributed by atoms with Crippen molar-refractivity contribution in [2.45, 2.75) is 0 Å². The summed E-state index contributed by atoms with van der Waals surface area (Å²) in [5.74, 6) is 1.31. The zero-order valence-electron chi connectivity index (χ0n) is 9.25. The minimum atomic E-state index is -0.252. The van der Waals surface area contributed by atoms with Crippen molar-refractivity contribution in [1.82, 2.24) is 0 Å². The van der Waals surface area contributed by atoms with Crippen molar-refractivity contribution < 1.29 is 14.7 Å². The van der Waals surface area contributed by atoms with Gasteiger partial charge in [-0.2, -0.15) is 0 Å². The topological polar surface area (TPSA) is 57.6 Å². The van der Waals surface area contributed by atoms with Gasteiger partial charge in [0.25, 0.3) is 11.8 Å². The Labute approximate surface area is 112 Å². The van der Waals surface area contributed by atoms with E-state index in [0.717, 1.165) is 11.5 Å². The van der Waals surface area contributed by atoms with Crippen molar-refractivity contribution in [3.63, 3.8) is 0 Å². The molecular weight excluding hydrogens is 270 g/mol. The van der Waals surface area contributed by atoms with Gasteiger partial charge in [0, 0.05) is 11.5 Å². The van der Waals surface area contributed by atoms with Crippen LogP contribution in [0.25, 0.3) is 0 Å². The Bertz CT molecular complexity index is 537. The highest BCUT2D eigenvalue weighted by molar-refractivity contribution is 8.11. The quantitative estimate of drug-likeness (QED) is 0.796. The minimum Gasteiger partial charge on any atom is -0.508 e. The first-order valence-corrected chi connectivity index (χ1v) is 7.33. The zero-order valence-corrected chi connectivity index (χ0v) is 10.9. The fraction of sp³-hybridized carbons (Fsp3) is 0.167. The first-order valence-electron chi connectivity index (χ1n) is 5.36. The molecule has 0 unspecified atom stereocenters. The van der Waals surface area contributed by atoms with Crippen molar-refractivity contribution in [3.8, 4) is 5.75 Å². The Kier molecular flexibility index (Phi) is 2.83. The molecule has 0 spiro atoms. The van der Waals surface area contributed by atoms with Crippen molar-refractivity contribution in [3.05, 3.63) is 34.1 Å². The van der Waals surface area contributed by atoms with Gasteiger partial charge in [-0.3, -0.25) is 9.59 Å². The summed E-state index contributed by atoms with van der Waals surface area (Å²) in [6, 6.07) is 6.07. The lowest BCUT2D eigenvalue weighted by molar-refractivity contribution is -0.120. The highest BCUT2D eigenvalue weighted by atomic mass is 32.2. The maximum Gasteiger partial charge on any atom is 0.273 e. The predicted molar refractivity (Wildman–Crippen MR) is 72.5 cm³/mol. The van der Waals surface area contributed by atoms with E-state index in [-0.39, 0.29) is 17.6 Å². The molecule has 1 aromatic rings. The summed E-state index contributed by atoms with van der Waals surface area (Å²) in [6.07, 6.45) is 0. The molecule has 2 heterocycles. The van der Waals surface area contributed by atoms with Crippen molar-refractivity contribution >= 4 is 41.0 Å². The van der Waals surface area contributed by atoms with Crippen LogP contribution in [0.1, 0.15) is 0 Å². The third-order valence-electron chi connectivity index (χ3n) is 2.68. The third-order valence-corrected chi connectivity index (χ3v) is 5.22. The zero-order chi connectivity index (χ0) is 12.7. The lowest BCUT2D eigenvalue weighted by atomic mass is 10.3. The number of thioether (sulfide) groups is 2. The second kappa shape index (κ2) is 4.37. The SMILES string of the molecule is O=C1C2=C(SCCS2)C(=O)N1c1ccc(O)cc1. The molecule has 92 valence electrons. The number of phenolic OH excluding ortho intramolecular Hbond substituents is 1. The first kappa shape index (κ1) is 11.7. The summed E-state index contributed by atoms with van der Waals surface area (Å²) >= 11 is 2.89. The third kappa shape index (κ3) is 1.72. The van der Waals surface area contributed by atoms with Gasteiger partial charge in [0.05, 0.1) is 15.5 Å². The molecule has 0 fully saturated rings. The van der Waals surface area contributed by atoms with E-state index in [1.165, 1.54) is 40.6 Å². The number of hydrogen-bond acceptors (Lipinski definition) is 5. The fourth-order valence-electron chi connectivity index (χ4n) is 1.87. The molecule has 0 saturated heterocycles. The lowest BCUT2D eigenvalue weighted by Gasteiger charge is -2.14. The van der Waals surface area contributed by atoms with Gasteiger partial charge in [0.2, 0.25) is 0 Å². The lowest BCUT2D eigenvalue weighted by Crippen LogP contribution is -2.30. The van der Waals surface area contributed by atoms with Crippen molar-refractivity contribution in [1.29, 1.82) is 0 Å². The van der Waals surface area contributed by atoms with Gasteiger partial charge in [-0.05, 0) is 24.3 Å². The molecule has 0 aliphatic carbocycles. The van der Waals surface area contributed by atoms with Gasteiger partial charge in [-0.15, -0.1) is 23.5 Å². The Morgan fingerprint density at radius 2 is 1.44 bits per heavy atom. The molecule has 1 N–H and O–H groups in total. The largest absolute Gasteiger partial charge is 0.508 e. The van der Waals surface area contributed by atoms with Gasteiger partial charge < -0.3 is 5.11 Å². The monoisotopic (exact) mass is 279 g/mol. The average molecular weight is 279 g/mol. The number of carbonyl (C=O) groups excluding carboxylic acids is 2. The van der Waals surface area contributed by atoms with Crippen LogP contribution in [-0.2, 0) is 9.59 Å². The smallest absolute Gasteiger partial charge is 0.273 e. The summed E-state index contributed by atoms with van der Waals surface area (Å²) in [5.41, 5.74) is 0.499. The number of imide groups is 1. The van der Waals surface area contributed by atoms with Crippen LogP contribution in [0.4, 0.5) is 5.69 Å². The summed E-state index contributed by atoms with van der Waals surface area (Å²) in [5, 5.41) is 9.23. The van der Waals surface area contributed by atoms with Gasteiger partial charge >= 0.3 is 0 Å². The molecule has 2 aliphatic heterocycles. The summed E-state index contributed by atoms with van der Waals surface area (Å²) in [4.78, 5) is 26.7. The van der Waals surface area contributed by atoms with Crippen molar-refractivity contribution in [2.75, 3.05) is 16.4 Å². The standard InChI is InChI=1S/C12H9NO3S2/c14-8-3-1-7(2-4-8)13-11(15)9-10(12(13)16)18-6-5-17-9/h1-4,14H,5-6H2. The molecule has 0 aromatic heterocycles. The van der Waals surface area contributed by atoms with Gasteiger partial charge in [-0.25, -0.2) is 4.90 Å². The second-order valence-corrected chi connectivity index (χ2v) is 6.03. The van der Waals surface area contributed by atoms with E-state index < -0.39 is 0 Å². The number of rotatable bonds is 1. The van der Waals surface area contributed by atoms with Crippen LogP contribution < -0.4 is 4.90 Å². The molecule has 18 heavy (non-hydrogen) atoms. The normalized spacial score (nSPS) is 19.4. The number of carbonyl (C=O) groups is 2. The molecule has 0 saturated carbocycles. The molecule has 6 heteroatoms. The molecule has 0 bridgehead atoms. The molecule has 1 aromatic carbocycles. The van der Waals surface area contributed by atoms with Crippen LogP contribution in [0.15, 0.2) is 34.1 Å². The minimum absolute atomic E-state index is 0.110. The van der Waals surface area contributed by atoms with E-state index in [4.69, 9.17) is 0 Å². The Balaban J connectivity index is 1.99. The van der Waals surface area contributed by atoms with E-state index in [2.05, 4.69) is 0 Å². The fourth-order valence-corrected chi connectivity index (χ4v) is 4.16. The molecule has 2 aliphatic rings. The average Bonchev–Trinajstić information content (AvgIpc) is 2.64. The predicted octanol–water partition coefficient (Wildman–Crippen LogP) is 1.96.